The van der Waals surface area contributed by atoms with Crippen LogP contribution in [0.2, 0.25) is 0 Å². The number of aromatic nitrogens is 2. The van der Waals surface area contributed by atoms with Crippen LogP contribution >= 0.6 is 11.3 Å². The van der Waals surface area contributed by atoms with Crippen molar-refractivity contribution >= 4 is 22.9 Å². The molecule has 0 atom stereocenters. The minimum absolute atomic E-state index is 0.0819. The largest absolute Gasteiger partial charge is 0.375 e. The van der Waals surface area contributed by atoms with Crippen LogP contribution in [-0.2, 0) is 6.54 Å². The Morgan fingerprint density at radius 2 is 2.12 bits per heavy atom. The topological polar surface area (TPSA) is 71.3 Å². The van der Waals surface area contributed by atoms with Gasteiger partial charge in [-0.25, -0.2) is 0 Å². The van der Waals surface area contributed by atoms with Gasteiger partial charge in [-0.15, -0.1) is 11.3 Å². The first kappa shape index (κ1) is 16.8. The summed E-state index contributed by atoms with van der Waals surface area (Å²) in [6, 6.07) is 9.71. The van der Waals surface area contributed by atoms with E-state index in [0.29, 0.717) is 23.8 Å². The van der Waals surface area contributed by atoms with Crippen molar-refractivity contribution in [2.24, 2.45) is 0 Å². The molecule has 2 aromatic heterocycles. The Labute approximate surface area is 155 Å². The molecule has 134 valence electrons. The first-order valence-electron chi connectivity index (χ1n) is 8.71. The van der Waals surface area contributed by atoms with E-state index >= 15 is 0 Å². The summed E-state index contributed by atoms with van der Waals surface area (Å²) < 4.78 is 5.34. The number of aryl methyl sites for hydroxylation is 1. The number of carbonyl (C=O) groups is 1. The van der Waals surface area contributed by atoms with Crippen molar-refractivity contribution in [1.29, 1.82) is 0 Å². The second kappa shape index (κ2) is 7.29. The van der Waals surface area contributed by atoms with E-state index in [4.69, 9.17) is 4.52 Å². The number of likely N-dealkylation sites (tertiary alicyclic amines) is 1. The number of hydrogen-bond donors (Lipinski definition) is 1. The van der Waals surface area contributed by atoms with Crippen molar-refractivity contribution in [2.75, 3.05) is 18.4 Å². The monoisotopic (exact) mass is 368 g/mol. The van der Waals surface area contributed by atoms with E-state index in [2.05, 4.69) is 15.5 Å². The third-order valence-electron chi connectivity index (χ3n) is 4.52. The van der Waals surface area contributed by atoms with Crippen LogP contribution in [0.3, 0.4) is 0 Å². The average molecular weight is 368 g/mol. The summed E-state index contributed by atoms with van der Waals surface area (Å²) in [5.74, 6) is 1.17. The lowest BCUT2D eigenvalue weighted by Gasteiger charge is -2.19. The van der Waals surface area contributed by atoms with Gasteiger partial charge in [-0.3, -0.25) is 4.79 Å². The van der Waals surface area contributed by atoms with E-state index in [-0.39, 0.29) is 5.91 Å². The number of benzene rings is 1. The molecule has 0 aliphatic carbocycles. The van der Waals surface area contributed by atoms with Gasteiger partial charge in [0, 0.05) is 13.1 Å². The highest BCUT2D eigenvalue weighted by Gasteiger charge is 2.22. The van der Waals surface area contributed by atoms with Gasteiger partial charge in [0.25, 0.3) is 5.91 Å². The minimum atomic E-state index is 0.0819. The molecule has 0 radical (unpaired) electrons. The summed E-state index contributed by atoms with van der Waals surface area (Å²) in [6.07, 6.45) is 2.15. The maximum atomic E-state index is 12.8. The van der Waals surface area contributed by atoms with Crippen LogP contribution in [0.5, 0.6) is 0 Å². The van der Waals surface area contributed by atoms with E-state index in [1.807, 2.05) is 47.5 Å². The zero-order valence-electron chi connectivity index (χ0n) is 14.6. The molecule has 0 spiro atoms. The number of carbonyl (C=O) groups excluding carboxylic acids is 1. The van der Waals surface area contributed by atoms with Gasteiger partial charge in [-0.05, 0) is 42.8 Å². The van der Waals surface area contributed by atoms with E-state index in [1.54, 1.807) is 11.3 Å². The van der Waals surface area contributed by atoms with E-state index in [1.165, 1.54) is 0 Å². The van der Waals surface area contributed by atoms with Crippen LogP contribution in [0.15, 0.2) is 40.2 Å². The maximum absolute atomic E-state index is 12.8. The molecule has 1 aromatic carbocycles. The summed E-state index contributed by atoms with van der Waals surface area (Å²) >= 11 is 1.57. The van der Waals surface area contributed by atoms with Crippen LogP contribution in [0.4, 0.5) is 5.69 Å². The van der Waals surface area contributed by atoms with Crippen molar-refractivity contribution in [3.63, 3.8) is 0 Å². The number of anilines is 1. The normalized spacial score (nSPS) is 14.0. The number of rotatable bonds is 5. The van der Waals surface area contributed by atoms with Crippen molar-refractivity contribution < 1.29 is 9.32 Å². The van der Waals surface area contributed by atoms with Gasteiger partial charge >= 0.3 is 0 Å². The Balaban J connectivity index is 1.52. The van der Waals surface area contributed by atoms with Gasteiger partial charge < -0.3 is 14.7 Å². The molecule has 1 saturated heterocycles. The average Bonchev–Trinajstić information content (AvgIpc) is 3.42. The van der Waals surface area contributed by atoms with Crippen molar-refractivity contribution in [3.8, 4) is 10.7 Å². The molecule has 1 N–H and O–H groups in total. The molecule has 6 nitrogen and oxygen atoms in total. The molecule has 0 saturated carbocycles. The number of hydrogen-bond acceptors (Lipinski definition) is 6. The van der Waals surface area contributed by atoms with Crippen molar-refractivity contribution in [2.45, 2.75) is 26.3 Å². The molecule has 1 fully saturated rings. The number of para-hydroxylation sites is 1. The van der Waals surface area contributed by atoms with Gasteiger partial charge in [-0.1, -0.05) is 23.4 Å². The number of amides is 1. The molecule has 1 aliphatic heterocycles. The van der Waals surface area contributed by atoms with Crippen LogP contribution < -0.4 is 5.32 Å². The third kappa shape index (κ3) is 3.35. The van der Waals surface area contributed by atoms with Crippen LogP contribution in [0.25, 0.3) is 10.7 Å². The Bertz CT molecular complexity index is 898. The quantitative estimate of drug-likeness (QED) is 0.738. The standard InChI is InChI=1S/C19H20N4O2S/c1-13-6-4-7-14(19(24)23-9-2-3-10-23)17(13)20-12-16-21-18(22-25-16)15-8-5-11-26-15/h4-8,11,20H,2-3,9-10,12H2,1H3. The molecule has 1 amide bonds. The smallest absolute Gasteiger partial charge is 0.255 e. The molecular formula is C19H20N4O2S. The van der Waals surface area contributed by atoms with Crippen LogP contribution in [0.1, 0.15) is 34.7 Å². The first-order valence-corrected chi connectivity index (χ1v) is 9.59. The molecular weight excluding hydrogens is 348 g/mol. The fourth-order valence-corrected chi connectivity index (χ4v) is 3.82. The summed E-state index contributed by atoms with van der Waals surface area (Å²) in [6.45, 7) is 4.04. The van der Waals surface area contributed by atoms with Crippen molar-refractivity contribution in [1.82, 2.24) is 15.0 Å². The lowest BCUT2D eigenvalue weighted by atomic mass is 10.1. The molecule has 7 heteroatoms. The Morgan fingerprint density at radius 1 is 1.27 bits per heavy atom. The van der Waals surface area contributed by atoms with Gasteiger partial charge in [0.1, 0.15) is 0 Å². The van der Waals surface area contributed by atoms with Crippen LogP contribution in [-0.4, -0.2) is 34.0 Å². The molecule has 1 aliphatic rings. The van der Waals surface area contributed by atoms with Gasteiger partial charge in [0.2, 0.25) is 11.7 Å². The highest BCUT2D eigenvalue weighted by Crippen LogP contribution is 2.25. The van der Waals surface area contributed by atoms with E-state index in [0.717, 1.165) is 42.1 Å². The molecule has 3 heterocycles. The number of nitrogens with zero attached hydrogens (tertiary/aromatic N) is 3. The molecule has 26 heavy (non-hydrogen) atoms. The summed E-state index contributed by atoms with van der Waals surface area (Å²) in [4.78, 5) is 20.1. The third-order valence-corrected chi connectivity index (χ3v) is 5.39. The summed E-state index contributed by atoms with van der Waals surface area (Å²) in [5.41, 5.74) is 2.55. The fraction of sp³-hybridized carbons (Fsp3) is 0.316. The predicted octanol–water partition coefficient (Wildman–Crippen LogP) is 3.95. The molecule has 0 unspecified atom stereocenters. The Hall–Kier alpha value is -2.67. The summed E-state index contributed by atoms with van der Waals surface area (Å²) in [5, 5.41) is 9.32. The summed E-state index contributed by atoms with van der Waals surface area (Å²) in [7, 11) is 0. The van der Waals surface area contributed by atoms with Gasteiger partial charge in [0.15, 0.2) is 0 Å². The highest BCUT2D eigenvalue weighted by atomic mass is 32.1. The molecule has 3 aromatic rings. The van der Waals surface area contributed by atoms with E-state index < -0.39 is 0 Å². The Kier molecular flexibility index (Phi) is 4.71. The Morgan fingerprint density at radius 3 is 2.88 bits per heavy atom. The fourth-order valence-electron chi connectivity index (χ4n) is 3.17. The molecule has 4 rings (SSSR count). The maximum Gasteiger partial charge on any atom is 0.255 e. The predicted molar refractivity (Wildman–Crippen MR) is 101 cm³/mol. The lowest BCUT2D eigenvalue weighted by Crippen LogP contribution is -2.28. The number of nitrogens with one attached hydrogen (secondary N) is 1. The van der Waals surface area contributed by atoms with Gasteiger partial charge in [-0.2, -0.15) is 4.98 Å². The van der Waals surface area contributed by atoms with E-state index in [9.17, 15) is 4.79 Å². The zero-order valence-corrected chi connectivity index (χ0v) is 15.4. The highest BCUT2D eigenvalue weighted by molar-refractivity contribution is 7.13. The first-order chi connectivity index (χ1) is 12.7. The second-order valence-electron chi connectivity index (χ2n) is 6.34. The van der Waals surface area contributed by atoms with Gasteiger partial charge in [0.05, 0.1) is 22.7 Å². The number of thiophene rings is 1. The zero-order chi connectivity index (χ0) is 17.9. The second-order valence-corrected chi connectivity index (χ2v) is 7.29. The SMILES string of the molecule is Cc1cccc(C(=O)N2CCCC2)c1NCc1nc(-c2cccs2)no1. The minimum Gasteiger partial charge on any atom is -0.375 e. The van der Waals surface area contributed by atoms with Crippen molar-refractivity contribution in [3.05, 3.63) is 52.7 Å². The van der Waals surface area contributed by atoms with Crippen LogP contribution in [0, 0.1) is 6.92 Å². The lowest BCUT2D eigenvalue weighted by molar-refractivity contribution is 0.0793. The molecule has 0 bridgehead atoms.